The first-order valence-corrected chi connectivity index (χ1v) is 7.14. The summed E-state index contributed by atoms with van der Waals surface area (Å²) in [5.74, 6) is 0.347. The van der Waals surface area contributed by atoms with E-state index < -0.39 is 5.82 Å². The third-order valence-electron chi connectivity index (χ3n) is 2.86. The third kappa shape index (κ3) is 3.04. The van der Waals surface area contributed by atoms with Crippen LogP contribution in [0, 0.1) is 5.82 Å². The van der Waals surface area contributed by atoms with Crippen LogP contribution in [-0.2, 0) is 17.8 Å². The fraction of sp³-hybridized carbons (Fsp3) is 0.385. The molecule has 0 unspecified atom stereocenters. The molecular formula is C13H14Cl2FN3O. The predicted molar refractivity (Wildman–Crippen MR) is 77.8 cm³/mol. The molecule has 4 nitrogen and oxygen atoms in total. The van der Waals surface area contributed by atoms with Gasteiger partial charge in [-0.1, -0.05) is 11.6 Å². The van der Waals surface area contributed by atoms with Crippen LogP contribution in [0.3, 0.4) is 0 Å². The molecule has 0 saturated heterocycles. The molecule has 0 fully saturated rings. The number of halogens is 3. The molecule has 7 heteroatoms. The maximum absolute atomic E-state index is 13.5. The van der Waals surface area contributed by atoms with Crippen LogP contribution in [0.5, 0.6) is 0 Å². The Morgan fingerprint density at radius 3 is 2.90 bits per heavy atom. The molecule has 0 aliphatic heterocycles. The zero-order chi connectivity index (χ0) is 14.7. The lowest BCUT2D eigenvalue weighted by Crippen LogP contribution is -2.27. The number of aromatic nitrogens is 2. The van der Waals surface area contributed by atoms with Crippen LogP contribution in [0.25, 0.3) is 11.0 Å². The quantitative estimate of drug-likeness (QED) is 0.862. The minimum Gasteiger partial charge on any atom is -0.355 e. The standard InChI is InChI=1S/C13H14Cl2FN3O/c1-2-17-13(20)7-19-11-5-8(15)9(16)6-10(11)18-12(19)3-4-14/h5-6H,2-4,7H2,1H3,(H,17,20). The molecular weight excluding hydrogens is 304 g/mol. The van der Waals surface area contributed by atoms with Crippen molar-refractivity contribution in [3.63, 3.8) is 0 Å². The van der Waals surface area contributed by atoms with Crippen molar-refractivity contribution in [2.24, 2.45) is 0 Å². The summed E-state index contributed by atoms with van der Waals surface area (Å²) in [6.07, 6.45) is 0.495. The minimum atomic E-state index is -0.528. The maximum atomic E-state index is 13.5. The molecule has 108 valence electrons. The van der Waals surface area contributed by atoms with Crippen molar-refractivity contribution in [1.29, 1.82) is 0 Å². The number of fused-ring (bicyclic) bond motifs is 1. The molecule has 0 bridgehead atoms. The molecule has 0 aliphatic rings. The van der Waals surface area contributed by atoms with Gasteiger partial charge in [0.2, 0.25) is 5.91 Å². The van der Waals surface area contributed by atoms with E-state index in [0.29, 0.717) is 35.7 Å². The van der Waals surface area contributed by atoms with Gasteiger partial charge in [-0.25, -0.2) is 9.37 Å². The van der Waals surface area contributed by atoms with Gasteiger partial charge in [-0.3, -0.25) is 4.79 Å². The zero-order valence-electron chi connectivity index (χ0n) is 10.9. The summed E-state index contributed by atoms with van der Waals surface area (Å²) in [4.78, 5) is 16.1. The Morgan fingerprint density at radius 1 is 1.50 bits per heavy atom. The van der Waals surface area contributed by atoms with E-state index in [4.69, 9.17) is 23.2 Å². The first kappa shape index (κ1) is 15.1. The van der Waals surface area contributed by atoms with Crippen LogP contribution in [0.15, 0.2) is 12.1 Å². The number of hydrogen-bond acceptors (Lipinski definition) is 2. The number of benzene rings is 1. The molecule has 1 aromatic carbocycles. The topological polar surface area (TPSA) is 46.9 Å². The summed E-state index contributed by atoms with van der Waals surface area (Å²) in [6.45, 7) is 2.50. The van der Waals surface area contributed by atoms with Crippen molar-refractivity contribution in [2.75, 3.05) is 12.4 Å². The van der Waals surface area contributed by atoms with E-state index >= 15 is 0 Å². The monoisotopic (exact) mass is 317 g/mol. The van der Waals surface area contributed by atoms with Gasteiger partial charge in [0.05, 0.1) is 16.1 Å². The number of alkyl halides is 1. The number of carbonyl (C=O) groups is 1. The number of likely N-dealkylation sites (N-methyl/N-ethyl adjacent to an activating group) is 1. The average Bonchev–Trinajstić information content (AvgIpc) is 2.69. The van der Waals surface area contributed by atoms with Gasteiger partial charge in [0.1, 0.15) is 18.2 Å². The van der Waals surface area contributed by atoms with E-state index in [-0.39, 0.29) is 17.5 Å². The lowest BCUT2D eigenvalue weighted by Gasteiger charge is -2.08. The molecule has 0 atom stereocenters. The number of amides is 1. The molecule has 0 spiro atoms. The van der Waals surface area contributed by atoms with E-state index in [1.165, 1.54) is 12.1 Å². The van der Waals surface area contributed by atoms with Gasteiger partial charge >= 0.3 is 0 Å². The molecule has 2 rings (SSSR count). The van der Waals surface area contributed by atoms with Crippen LogP contribution in [-0.4, -0.2) is 27.9 Å². The Bertz CT molecular complexity index is 642. The predicted octanol–water partition coefficient (Wildman–Crippen LogP) is 2.75. The fourth-order valence-electron chi connectivity index (χ4n) is 2.02. The smallest absolute Gasteiger partial charge is 0.239 e. The second kappa shape index (κ2) is 6.41. The molecule has 0 saturated carbocycles. The summed E-state index contributed by atoms with van der Waals surface area (Å²) in [5.41, 5.74) is 1.10. The van der Waals surface area contributed by atoms with E-state index in [1.807, 2.05) is 6.92 Å². The van der Waals surface area contributed by atoms with Crippen molar-refractivity contribution in [3.05, 3.63) is 28.8 Å². The summed E-state index contributed by atoms with van der Waals surface area (Å²) in [6, 6.07) is 2.75. The molecule has 0 radical (unpaired) electrons. The largest absolute Gasteiger partial charge is 0.355 e. The van der Waals surface area contributed by atoms with Crippen LogP contribution < -0.4 is 5.32 Å². The van der Waals surface area contributed by atoms with Gasteiger partial charge in [-0.15, -0.1) is 11.6 Å². The lowest BCUT2D eigenvalue weighted by molar-refractivity contribution is -0.121. The van der Waals surface area contributed by atoms with E-state index in [9.17, 15) is 9.18 Å². The highest BCUT2D eigenvalue weighted by Crippen LogP contribution is 2.24. The van der Waals surface area contributed by atoms with Gasteiger partial charge in [0, 0.05) is 24.9 Å². The molecule has 1 heterocycles. The van der Waals surface area contributed by atoms with E-state index in [0.717, 1.165) is 0 Å². The normalized spacial score (nSPS) is 11.0. The van der Waals surface area contributed by atoms with Crippen LogP contribution in [0.2, 0.25) is 5.02 Å². The Kier molecular flexibility index (Phi) is 4.83. The SMILES string of the molecule is CCNC(=O)Cn1c(CCCl)nc2cc(F)c(Cl)cc21. The summed E-state index contributed by atoms with van der Waals surface area (Å²) in [5, 5.41) is 2.72. The number of nitrogens with zero attached hydrogens (tertiary/aromatic N) is 2. The van der Waals surface area contributed by atoms with Crippen molar-refractivity contribution >= 4 is 40.1 Å². The zero-order valence-corrected chi connectivity index (χ0v) is 12.4. The van der Waals surface area contributed by atoms with Crippen LogP contribution in [0.1, 0.15) is 12.7 Å². The van der Waals surface area contributed by atoms with Gasteiger partial charge < -0.3 is 9.88 Å². The van der Waals surface area contributed by atoms with Crippen molar-refractivity contribution in [3.8, 4) is 0 Å². The van der Waals surface area contributed by atoms with Gasteiger partial charge in [0.15, 0.2) is 0 Å². The average molecular weight is 318 g/mol. The van der Waals surface area contributed by atoms with E-state index in [1.54, 1.807) is 4.57 Å². The van der Waals surface area contributed by atoms with Gasteiger partial charge in [-0.2, -0.15) is 0 Å². The van der Waals surface area contributed by atoms with Crippen molar-refractivity contribution < 1.29 is 9.18 Å². The second-order valence-electron chi connectivity index (χ2n) is 4.26. The number of hydrogen-bond donors (Lipinski definition) is 1. The Hall–Kier alpha value is -1.33. The lowest BCUT2D eigenvalue weighted by atomic mass is 10.3. The molecule has 0 aliphatic carbocycles. The second-order valence-corrected chi connectivity index (χ2v) is 5.05. The number of nitrogens with one attached hydrogen (secondary N) is 1. The number of carbonyl (C=O) groups excluding carboxylic acids is 1. The Morgan fingerprint density at radius 2 is 2.25 bits per heavy atom. The molecule has 1 aromatic heterocycles. The van der Waals surface area contributed by atoms with Crippen LogP contribution >= 0.6 is 23.2 Å². The highest BCUT2D eigenvalue weighted by molar-refractivity contribution is 6.31. The summed E-state index contributed by atoms with van der Waals surface area (Å²) in [7, 11) is 0. The molecule has 1 amide bonds. The first-order chi connectivity index (χ1) is 9.56. The Balaban J connectivity index is 2.50. The maximum Gasteiger partial charge on any atom is 0.239 e. The van der Waals surface area contributed by atoms with Crippen LogP contribution in [0.4, 0.5) is 4.39 Å². The summed E-state index contributed by atoms with van der Waals surface area (Å²) >= 11 is 11.5. The van der Waals surface area contributed by atoms with Gasteiger partial charge in [0.25, 0.3) is 0 Å². The highest BCUT2D eigenvalue weighted by atomic mass is 35.5. The minimum absolute atomic E-state index is 0.00646. The number of aryl methyl sites for hydroxylation is 1. The number of rotatable bonds is 5. The van der Waals surface area contributed by atoms with Crippen molar-refractivity contribution in [2.45, 2.75) is 19.9 Å². The first-order valence-electron chi connectivity index (χ1n) is 6.23. The number of imidazole rings is 1. The highest BCUT2D eigenvalue weighted by Gasteiger charge is 2.15. The van der Waals surface area contributed by atoms with Crippen molar-refractivity contribution in [1.82, 2.24) is 14.9 Å². The summed E-state index contributed by atoms with van der Waals surface area (Å²) < 4.78 is 15.2. The molecule has 1 N–H and O–H groups in total. The fourth-order valence-corrected chi connectivity index (χ4v) is 2.35. The Labute approximate surface area is 125 Å². The molecule has 2 aromatic rings. The van der Waals surface area contributed by atoms with E-state index in [2.05, 4.69) is 10.3 Å². The third-order valence-corrected chi connectivity index (χ3v) is 3.34. The molecule has 20 heavy (non-hydrogen) atoms. The van der Waals surface area contributed by atoms with Gasteiger partial charge in [-0.05, 0) is 13.0 Å².